The lowest BCUT2D eigenvalue weighted by Gasteiger charge is -2.72. The van der Waals surface area contributed by atoms with Crippen LogP contribution in [0.5, 0.6) is 0 Å². The van der Waals surface area contributed by atoms with Crippen LogP contribution in [0.4, 0.5) is 0 Å². The minimum absolute atomic E-state index is 0.0593. The zero-order chi connectivity index (χ0) is 23.3. The third kappa shape index (κ3) is 2.70. The molecule has 0 aliphatic heterocycles. The molecule has 5 saturated carbocycles. The summed E-state index contributed by atoms with van der Waals surface area (Å²) in [6.07, 6.45) is 15.5. The van der Waals surface area contributed by atoms with Gasteiger partial charge in [-0.15, -0.1) is 0 Å². The third-order valence-electron chi connectivity index (χ3n) is 13.7. The van der Waals surface area contributed by atoms with Gasteiger partial charge in [0.1, 0.15) is 0 Å². The van der Waals surface area contributed by atoms with Crippen molar-refractivity contribution in [3.63, 3.8) is 0 Å². The van der Waals surface area contributed by atoms with Crippen LogP contribution in [0.1, 0.15) is 113 Å². The zero-order valence-corrected chi connectivity index (χ0v) is 22.3. The van der Waals surface area contributed by atoms with Gasteiger partial charge < -0.3 is 5.11 Å². The van der Waals surface area contributed by atoms with Crippen LogP contribution in [0.3, 0.4) is 0 Å². The lowest BCUT2D eigenvalue weighted by molar-refractivity contribution is -0.246. The summed E-state index contributed by atoms with van der Waals surface area (Å²) in [4.78, 5) is 0. The van der Waals surface area contributed by atoms with Crippen molar-refractivity contribution in [3.05, 3.63) is 18.6 Å². The molecule has 1 N–H and O–H groups in total. The van der Waals surface area contributed by atoms with Crippen molar-refractivity contribution >= 4 is 0 Å². The highest BCUT2D eigenvalue weighted by molar-refractivity contribution is 5.22. The summed E-state index contributed by atoms with van der Waals surface area (Å²) in [5.41, 5.74) is 1.89. The molecular formula is C31H51O+. The molecule has 0 aromatic heterocycles. The summed E-state index contributed by atoms with van der Waals surface area (Å²) < 4.78 is 0. The summed E-state index contributed by atoms with van der Waals surface area (Å²) in [7, 11) is 0. The predicted octanol–water partition coefficient (Wildman–Crippen LogP) is 8.23. The molecule has 32 heavy (non-hydrogen) atoms. The van der Waals surface area contributed by atoms with E-state index in [0.717, 1.165) is 30.1 Å². The molecule has 0 aromatic carbocycles. The second-order valence-corrected chi connectivity index (χ2v) is 14.8. The van der Waals surface area contributed by atoms with Gasteiger partial charge in [-0.3, -0.25) is 0 Å². The van der Waals surface area contributed by atoms with Crippen LogP contribution in [-0.4, -0.2) is 11.2 Å². The van der Waals surface area contributed by atoms with Gasteiger partial charge in [0.25, 0.3) is 0 Å². The van der Waals surface area contributed by atoms with Gasteiger partial charge in [-0.1, -0.05) is 41.5 Å². The van der Waals surface area contributed by atoms with Crippen molar-refractivity contribution < 1.29 is 5.11 Å². The fourth-order valence-electron chi connectivity index (χ4n) is 11.6. The Labute approximate surface area is 199 Å². The predicted molar refractivity (Wildman–Crippen MR) is 135 cm³/mol. The maximum absolute atomic E-state index is 10.9. The van der Waals surface area contributed by atoms with Gasteiger partial charge in [0.2, 0.25) is 0 Å². The number of rotatable bonds is 2. The van der Waals surface area contributed by atoms with Gasteiger partial charge >= 0.3 is 0 Å². The summed E-state index contributed by atoms with van der Waals surface area (Å²) in [5, 5.41) is 10.9. The van der Waals surface area contributed by atoms with E-state index in [0.29, 0.717) is 27.6 Å². The maximum Gasteiger partial charge on any atom is 0.0893 e. The standard InChI is InChI=1S/C31H51O/c1-9-20(2)21-12-15-28(5)18-19-30(7)22(26(21)28)10-11-24-29(6)16-14-25(32)27(3,4)23(29)13-17-31(24,30)8/h9,21-26,32H,1,10-19H2,2-8H3/q+1/t21-,22+,23-,24+,25-,26+,28+,29-,30+,31+/m0/s1. The van der Waals surface area contributed by atoms with Gasteiger partial charge in [0.15, 0.2) is 0 Å². The van der Waals surface area contributed by atoms with Gasteiger partial charge in [0, 0.05) is 19.4 Å². The van der Waals surface area contributed by atoms with E-state index >= 15 is 0 Å². The third-order valence-corrected chi connectivity index (χ3v) is 13.7. The highest BCUT2D eigenvalue weighted by atomic mass is 16.3. The van der Waals surface area contributed by atoms with E-state index in [1.54, 1.807) is 5.92 Å². The number of aliphatic hydroxyl groups excluding tert-OH is 1. The first kappa shape index (κ1) is 23.3. The van der Waals surface area contributed by atoms with Crippen molar-refractivity contribution in [2.24, 2.45) is 56.7 Å². The van der Waals surface area contributed by atoms with Crippen molar-refractivity contribution in [1.82, 2.24) is 0 Å². The maximum atomic E-state index is 10.9. The molecule has 5 rings (SSSR count). The van der Waals surface area contributed by atoms with E-state index in [4.69, 9.17) is 0 Å². The molecule has 0 saturated heterocycles. The molecule has 5 fully saturated rings. The molecule has 5 aliphatic carbocycles. The van der Waals surface area contributed by atoms with Crippen LogP contribution in [0, 0.1) is 62.6 Å². The van der Waals surface area contributed by atoms with Crippen LogP contribution in [-0.2, 0) is 0 Å². The molecule has 5 aliphatic rings. The van der Waals surface area contributed by atoms with Crippen LogP contribution >= 0.6 is 0 Å². The van der Waals surface area contributed by atoms with Gasteiger partial charge in [0.05, 0.1) is 18.1 Å². The summed E-state index contributed by atoms with van der Waals surface area (Å²) in [6, 6.07) is 0. The Bertz CT molecular complexity index is 768. The molecule has 0 spiro atoms. The normalized spacial score (nSPS) is 56.4. The molecule has 0 amide bonds. The number of allylic oxidation sites excluding steroid dienone is 1. The second-order valence-electron chi connectivity index (χ2n) is 14.8. The SMILES string of the molecule is C=C[C+](C)[C@@H]1CC[C@]2(C)CC[C@]3(C)[C@H](CC[C@@H]4[C@@]5(C)CC[C@H](O)C(C)(C)[C@@H]5CC[C@]43C)[C@@H]12. The molecule has 0 unspecified atom stereocenters. The highest BCUT2D eigenvalue weighted by Crippen LogP contribution is 2.77. The van der Waals surface area contributed by atoms with E-state index in [1.165, 1.54) is 57.8 Å². The van der Waals surface area contributed by atoms with Crippen molar-refractivity contribution in [1.29, 1.82) is 0 Å². The Morgan fingerprint density at radius 2 is 1.50 bits per heavy atom. The smallest absolute Gasteiger partial charge is 0.0893 e. The number of hydrogen-bond acceptors (Lipinski definition) is 1. The van der Waals surface area contributed by atoms with Crippen LogP contribution < -0.4 is 0 Å². The van der Waals surface area contributed by atoms with E-state index in [1.807, 2.05) is 0 Å². The molecule has 0 bridgehead atoms. The average molecular weight is 440 g/mol. The quantitative estimate of drug-likeness (QED) is 0.430. The number of hydrogen-bond donors (Lipinski definition) is 1. The Morgan fingerprint density at radius 1 is 0.781 bits per heavy atom. The average Bonchev–Trinajstić information content (AvgIpc) is 3.09. The molecule has 1 heteroatoms. The first-order valence-electron chi connectivity index (χ1n) is 14.0. The highest BCUT2D eigenvalue weighted by Gasteiger charge is 2.70. The largest absolute Gasteiger partial charge is 0.393 e. The van der Waals surface area contributed by atoms with Crippen LogP contribution in [0.15, 0.2) is 12.7 Å². The first-order chi connectivity index (χ1) is 14.8. The zero-order valence-electron chi connectivity index (χ0n) is 22.3. The van der Waals surface area contributed by atoms with Crippen molar-refractivity contribution in [2.45, 2.75) is 119 Å². The fraction of sp³-hybridized carbons (Fsp3) is 0.903. The Morgan fingerprint density at radius 3 is 2.19 bits per heavy atom. The first-order valence-corrected chi connectivity index (χ1v) is 14.0. The molecule has 0 radical (unpaired) electrons. The summed E-state index contributed by atoms with van der Waals surface area (Å²) in [6.45, 7) is 22.1. The fourth-order valence-corrected chi connectivity index (χ4v) is 11.6. The van der Waals surface area contributed by atoms with E-state index in [2.05, 4.69) is 61.1 Å². The number of fused-ring (bicyclic) bond motifs is 7. The lowest BCUT2D eigenvalue weighted by Crippen LogP contribution is -2.66. The topological polar surface area (TPSA) is 20.2 Å². The van der Waals surface area contributed by atoms with Crippen LogP contribution in [0.2, 0.25) is 0 Å². The Kier molecular flexibility index (Phi) is 5.14. The minimum Gasteiger partial charge on any atom is -0.393 e. The second kappa shape index (κ2) is 7.05. The monoisotopic (exact) mass is 439 g/mol. The molecule has 1 nitrogen and oxygen atoms in total. The lowest BCUT2D eigenvalue weighted by atomic mass is 9.32. The summed E-state index contributed by atoms with van der Waals surface area (Å²) >= 11 is 0. The number of aliphatic hydroxyl groups is 1. The molecule has 180 valence electrons. The Hall–Kier alpha value is -0.430. The van der Waals surface area contributed by atoms with Crippen LogP contribution in [0.25, 0.3) is 0 Å². The summed E-state index contributed by atoms with van der Waals surface area (Å²) in [5.74, 6) is 5.53. The van der Waals surface area contributed by atoms with E-state index in [9.17, 15) is 5.11 Å². The van der Waals surface area contributed by atoms with Crippen molar-refractivity contribution in [2.75, 3.05) is 0 Å². The molecule has 0 heterocycles. The molecule has 10 atom stereocenters. The van der Waals surface area contributed by atoms with Crippen molar-refractivity contribution in [3.8, 4) is 0 Å². The minimum atomic E-state index is -0.121. The van der Waals surface area contributed by atoms with Gasteiger partial charge in [-0.05, 0) is 115 Å². The van der Waals surface area contributed by atoms with E-state index in [-0.39, 0.29) is 11.5 Å². The molecule has 0 aromatic rings. The Balaban J connectivity index is 1.53. The van der Waals surface area contributed by atoms with Gasteiger partial charge in [-0.2, -0.15) is 0 Å². The van der Waals surface area contributed by atoms with E-state index < -0.39 is 0 Å². The molecular weight excluding hydrogens is 388 g/mol. The van der Waals surface area contributed by atoms with Gasteiger partial charge in [-0.25, -0.2) is 0 Å².